The Labute approximate surface area is 152 Å². The number of amides is 2. The van der Waals surface area contributed by atoms with Crippen molar-refractivity contribution in [1.82, 2.24) is 10.2 Å². The number of benzene rings is 1. The molecule has 136 valence electrons. The molecule has 2 amide bonds. The first-order valence-corrected chi connectivity index (χ1v) is 9.03. The number of carbonyl (C=O) groups is 2. The smallest absolute Gasteiger partial charge is 0.290 e. The van der Waals surface area contributed by atoms with Crippen molar-refractivity contribution in [2.75, 3.05) is 13.2 Å². The fourth-order valence-electron chi connectivity index (χ4n) is 3.65. The summed E-state index contributed by atoms with van der Waals surface area (Å²) < 4.78 is 10.8. The van der Waals surface area contributed by atoms with Gasteiger partial charge in [0.05, 0.1) is 12.4 Å². The van der Waals surface area contributed by atoms with E-state index in [0.29, 0.717) is 19.5 Å². The minimum atomic E-state index is -0.552. The first-order chi connectivity index (χ1) is 12.7. The van der Waals surface area contributed by atoms with Crippen LogP contribution in [0, 0.1) is 0 Å². The summed E-state index contributed by atoms with van der Waals surface area (Å²) in [5.41, 5.74) is 2.17. The summed E-state index contributed by atoms with van der Waals surface area (Å²) in [4.78, 5) is 27.3. The van der Waals surface area contributed by atoms with Gasteiger partial charge >= 0.3 is 0 Å². The average molecular weight is 354 g/mol. The second-order valence-electron chi connectivity index (χ2n) is 6.78. The third-order valence-electron chi connectivity index (χ3n) is 5.07. The Morgan fingerprint density at radius 3 is 2.73 bits per heavy atom. The number of rotatable bonds is 4. The van der Waals surface area contributed by atoms with Crippen molar-refractivity contribution in [1.29, 1.82) is 0 Å². The molecule has 0 aliphatic carbocycles. The number of furan rings is 1. The lowest BCUT2D eigenvalue weighted by Crippen LogP contribution is -2.53. The summed E-state index contributed by atoms with van der Waals surface area (Å²) in [5, 5.41) is 2.97. The second kappa shape index (κ2) is 7.33. The molecular formula is C20H22N2O4. The molecule has 1 saturated heterocycles. The van der Waals surface area contributed by atoms with Gasteiger partial charge in [-0.1, -0.05) is 24.3 Å². The molecule has 1 aromatic carbocycles. The predicted molar refractivity (Wildman–Crippen MR) is 94.5 cm³/mol. The van der Waals surface area contributed by atoms with Crippen LogP contribution in [0.1, 0.15) is 34.5 Å². The quantitative estimate of drug-likeness (QED) is 0.913. The lowest BCUT2D eigenvalue weighted by molar-refractivity contribution is -0.126. The summed E-state index contributed by atoms with van der Waals surface area (Å²) in [6.07, 6.45) is 4.03. The van der Waals surface area contributed by atoms with Crippen LogP contribution in [0.15, 0.2) is 47.1 Å². The van der Waals surface area contributed by atoms with Crippen LogP contribution in [0.4, 0.5) is 0 Å². The number of nitrogens with one attached hydrogen (secondary N) is 1. The van der Waals surface area contributed by atoms with Crippen LogP contribution >= 0.6 is 0 Å². The van der Waals surface area contributed by atoms with E-state index >= 15 is 0 Å². The summed E-state index contributed by atoms with van der Waals surface area (Å²) in [6, 6.07) is 10.7. The van der Waals surface area contributed by atoms with E-state index in [2.05, 4.69) is 5.32 Å². The molecule has 1 N–H and O–H groups in total. The molecule has 2 atom stereocenters. The van der Waals surface area contributed by atoms with E-state index in [9.17, 15) is 9.59 Å². The van der Waals surface area contributed by atoms with Gasteiger partial charge in [0, 0.05) is 26.1 Å². The fourth-order valence-corrected chi connectivity index (χ4v) is 3.65. The molecule has 4 rings (SSSR count). The van der Waals surface area contributed by atoms with Crippen molar-refractivity contribution < 1.29 is 18.7 Å². The van der Waals surface area contributed by atoms with Crippen molar-refractivity contribution >= 4 is 11.8 Å². The van der Waals surface area contributed by atoms with Gasteiger partial charge < -0.3 is 19.4 Å². The molecule has 1 aromatic heterocycles. The monoisotopic (exact) mass is 354 g/mol. The molecule has 2 aromatic rings. The molecule has 0 radical (unpaired) electrons. The largest absolute Gasteiger partial charge is 0.459 e. The van der Waals surface area contributed by atoms with Gasteiger partial charge in [0.2, 0.25) is 5.91 Å². The van der Waals surface area contributed by atoms with E-state index < -0.39 is 6.04 Å². The van der Waals surface area contributed by atoms with E-state index in [1.54, 1.807) is 17.0 Å². The van der Waals surface area contributed by atoms with Gasteiger partial charge in [-0.3, -0.25) is 9.59 Å². The number of ether oxygens (including phenoxy) is 1. The first kappa shape index (κ1) is 16.8. The number of fused-ring (bicyclic) bond motifs is 1. The Morgan fingerprint density at radius 2 is 2.00 bits per heavy atom. The van der Waals surface area contributed by atoms with Gasteiger partial charge in [0.15, 0.2) is 5.76 Å². The zero-order valence-corrected chi connectivity index (χ0v) is 14.5. The molecule has 6 nitrogen and oxygen atoms in total. The molecule has 0 bridgehead atoms. The van der Waals surface area contributed by atoms with Crippen molar-refractivity contribution in [3.05, 3.63) is 59.5 Å². The highest BCUT2D eigenvalue weighted by molar-refractivity contribution is 5.96. The van der Waals surface area contributed by atoms with E-state index in [0.717, 1.165) is 30.6 Å². The summed E-state index contributed by atoms with van der Waals surface area (Å²) in [7, 11) is 0. The first-order valence-electron chi connectivity index (χ1n) is 9.03. The van der Waals surface area contributed by atoms with Crippen molar-refractivity contribution in [2.45, 2.75) is 38.0 Å². The Kier molecular flexibility index (Phi) is 4.75. The van der Waals surface area contributed by atoms with Crippen molar-refractivity contribution in [3.8, 4) is 0 Å². The molecule has 2 aliphatic heterocycles. The minimum Gasteiger partial charge on any atom is -0.459 e. The zero-order valence-electron chi connectivity index (χ0n) is 14.5. The van der Waals surface area contributed by atoms with Crippen LogP contribution in [0.2, 0.25) is 0 Å². The van der Waals surface area contributed by atoms with E-state index in [4.69, 9.17) is 9.15 Å². The third-order valence-corrected chi connectivity index (χ3v) is 5.07. The molecule has 1 fully saturated rings. The summed E-state index contributed by atoms with van der Waals surface area (Å²) in [5.74, 6) is -0.155. The maximum absolute atomic E-state index is 12.9. The Bertz CT molecular complexity index is 781. The van der Waals surface area contributed by atoms with Gasteiger partial charge in [0.1, 0.15) is 6.04 Å². The van der Waals surface area contributed by atoms with Crippen molar-refractivity contribution in [2.24, 2.45) is 0 Å². The normalized spacial score (nSPS) is 22.1. The van der Waals surface area contributed by atoms with Crippen molar-refractivity contribution in [3.63, 3.8) is 0 Å². The predicted octanol–water partition coefficient (Wildman–Crippen LogP) is 2.14. The maximum Gasteiger partial charge on any atom is 0.290 e. The molecule has 2 unspecified atom stereocenters. The lowest BCUT2D eigenvalue weighted by Gasteiger charge is -2.35. The highest BCUT2D eigenvalue weighted by Crippen LogP contribution is 2.25. The molecule has 26 heavy (non-hydrogen) atoms. The molecule has 0 spiro atoms. The third kappa shape index (κ3) is 3.37. The lowest BCUT2D eigenvalue weighted by atomic mass is 9.93. The maximum atomic E-state index is 12.9. The van der Waals surface area contributed by atoms with Gasteiger partial charge in [-0.2, -0.15) is 0 Å². The molecule has 3 heterocycles. The minimum absolute atomic E-state index is 0.0732. The van der Waals surface area contributed by atoms with Crippen LogP contribution in [0.5, 0.6) is 0 Å². The van der Waals surface area contributed by atoms with E-state index in [1.807, 2.05) is 24.3 Å². The van der Waals surface area contributed by atoms with Crippen LogP contribution in [-0.2, 0) is 22.5 Å². The Hall–Kier alpha value is -2.60. The Balaban J connectivity index is 1.54. The van der Waals surface area contributed by atoms with Crippen LogP contribution in [-0.4, -0.2) is 42.0 Å². The number of hydrogen-bond acceptors (Lipinski definition) is 4. The molecule has 2 aliphatic rings. The van der Waals surface area contributed by atoms with E-state index in [1.165, 1.54) is 6.26 Å². The van der Waals surface area contributed by atoms with Crippen LogP contribution in [0.25, 0.3) is 0 Å². The number of hydrogen-bond donors (Lipinski definition) is 1. The SMILES string of the molecule is O=C(NCC1CCCO1)C1Cc2ccccc2CN1C(=O)c1ccco1. The molecule has 0 saturated carbocycles. The van der Waals surface area contributed by atoms with Gasteiger partial charge in [-0.15, -0.1) is 0 Å². The average Bonchev–Trinajstić information content (AvgIpc) is 3.38. The van der Waals surface area contributed by atoms with Crippen LogP contribution in [0.3, 0.4) is 0 Å². The van der Waals surface area contributed by atoms with Gasteiger partial charge in [-0.05, 0) is 36.1 Å². The standard InChI is InChI=1S/C20H22N2O4/c23-19(21-12-16-7-3-9-25-16)17-11-14-5-1-2-6-15(14)13-22(17)20(24)18-8-4-10-26-18/h1-2,4-6,8,10,16-17H,3,7,9,11-13H2,(H,21,23). The van der Waals surface area contributed by atoms with Crippen LogP contribution < -0.4 is 5.32 Å². The topological polar surface area (TPSA) is 71.8 Å². The molecule has 6 heteroatoms. The number of carbonyl (C=O) groups excluding carboxylic acids is 2. The van der Waals surface area contributed by atoms with Gasteiger partial charge in [-0.25, -0.2) is 0 Å². The zero-order chi connectivity index (χ0) is 17.9. The fraction of sp³-hybridized carbons (Fsp3) is 0.400. The summed E-state index contributed by atoms with van der Waals surface area (Å²) >= 11 is 0. The highest BCUT2D eigenvalue weighted by Gasteiger charge is 2.36. The van der Waals surface area contributed by atoms with Gasteiger partial charge in [0.25, 0.3) is 5.91 Å². The van der Waals surface area contributed by atoms with E-state index in [-0.39, 0.29) is 23.7 Å². The Morgan fingerprint density at radius 1 is 1.15 bits per heavy atom. The molecular weight excluding hydrogens is 332 g/mol. The highest BCUT2D eigenvalue weighted by atomic mass is 16.5. The number of nitrogens with zero attached hydrogens (tertiary/aromatic N) is 1. The second-order valence-corrected chi connectivity index (χ2v) is 6.78. The summed E-state index contributed by atoms with van der Waals surface area (Å²) in [6.45, 7) is 1.63.